The van der Waals surface area contributed by atoms with Crippen LogP contribution in [0.3, 0.4) is 0 Å². The van der Waals surface area contributed by atoms with Gasteiger partial charge in [0.2, 0.25) is 9.84 Å². The van der Waals surface area contributed by atoms with Crippen LogP contribution in [0.15, 0.2) is 107 Å². The van der Waals surface area contributed by atoms with Crippen molar-refractivity contribution in [3.05, 3.63) is 136 Å². The number of carbonyl (C=O) groups is 4. The van der Waals surface area contributed by atoms with Crippen LogP contribution in [0, 0.1) is 13.8 Å². The first kappa shape index (κ1) is 28.4. The molecule has 3 amide bonds. The molecule has 0 bridgehead atoms. The minimum absolute atomic E-state index is 0.000618. The van der Waals surface area contributed by atoms with Gasteiger partial charge in [0, 0.05) is 52.0 Å². The first-order valence-electron chi connectivity index (χ1n) is 14.4. The standard InChI is InChI=1S/C36H26N2O6S/c1-21-13-16-29(22(2)19-21)37(17-18-38-35(41)27-10-5-7-23-8-6-11-28(32(23)27)36(38)42)34(40)24-14-15-26-31(20-24)45(43,44)30-12-4-3-9-25(30)33(26)39/h3-16,19-20H,17-18H2,1-2H3. The number of sulfone groups is 1. The van der Waals surface area contributed by atoms with Crippen LogP contribution >= 0.6 is 0 Å². The van der Waals surface area contributed by atoms with Gasteiger partial charge in [0.15, 0.2) is 5.78 Å². The normalized spacial score (nSPS) is 14.7. The monoisotopic (exact) mass is 614 g/mol. The van der Waals surface area contributed by atoms with E-state index in [0.29, 0.717) is 22.2 Å². The number of carbonyl (C=O) groups excluding carboxylic acids is 4. The van der Waals surface area contributed by atoms with E-state index in [4.69, 9.17) is 0 Å². The van der Waals surface area contributed by atoms with Crippen molar-refractivity contribution in [2.75, 3.05) is 18.0 Å². The summed E-state index contributed by atoms with van der Waals surface area (Å²) in [5.74, 6) is -1.87. The van der Waals surface area contributed by atoms with Crippen LogP contribution in [0.5, 0.6) is 0 Å². The Hall–Kier alpha value is -5.41. The zero-order chi connectivity index (χ0) is 31.6. The highest BCUT2D eigenvalue weighted by atomic mass is 32.2. The van der Waals surface area contributed by atoms with Crippen LogP contribution in [-0.4, -0.2) is 49.9 Å². The van der Waals surface area contributed by atoms with E-state index in [1.54, 1.807) is 42.5 Å². The summed E-state index contributed by atoms with van der Waals surface area (Å²) < 4.78 is 27.1. The summed E-state index contributed by atoms with van der Waals surface area (Å²) in [4.78, 5) is 56.8. The summed E-state index contributed by atoms with van der Waals surface area (Å²) in [6.07, 6.45) is 0. The van der Waals surface area contributed by atoms with Crippen molar-refractivity contribution in [3.63, 3.8) is 0 Å². The highest BCUT2D eigenvalue weighted by molar-refractivity contribution is 7.91. The molecule has 0 unspecified atom stereocenters. The number of imide groups is 1. The van der Waals surface area contributed by atoms with E-state index >= 15 is 0 Å². The van der Waals surface area contributed by atoms with Gasteiger partial charge in [-0.25, -0.2) is 8.42 Å². The number of hydrogen-bond acceptors (Lipinski definition) is 6. The second-order valence-corrected chi connectivity index (χ2v) is 13.1. The molecule has 45 heavy (non-hydrogen) atoms. The SMILES string of the molecule is Cc1ccc(N(CCN2C(=O)c3cccc4cccc(c34)C2=O)C(=O)c2ccc3c(c2)S(=O)(=O)c2ccccc2C3=O)c(C)c1. The van der Waals surface area contributed by atoms with E-state index in [-0.39, 0.29) is 39.6 Å². The number of anilines is 1. The summed E-state index contributed by atoms with van der Waals surface area (Å²) in [7, 11) is -4.07. The molecular formula is C36H26N2O6S. The summed E-state index contributed by atoms with van der Waals surface area (Å²) >= 11 is 0. The third kappa shape index (κ3) is 4.38. The summed E-state index contributed by atoms with van der Waals surface area (Å²) in [6, 6.07) is 26.2. The molecule has 0 saturated heterocycles. The second kappa shape index (κ2) is 10.3. The summed E-state index contributed by atoms with van der Waals surface area (Å²) in [5, 5.41) is 1.40. The predicted octanol–water partition coefficient (Wildman–Crippen LogP) is 5.78. The molecule has 0 atom stereocenters. The maximum Gasteiger partial charge on any atom is 0.261 e. The lowest BCUT2D eigenvalue weighted by Crippen LogP contribution is -2.46. The minimum atomic E-state index is -4.07. The van der Waals surface area contributed by atoms with E-state index < -0.39 is 33.3 Å². The number of benzene rings is 5. The number of amides is 3. The zero-order valence-electron chi connectivity index (χ0n) is 24.4. The van der Waals surface area contributed by atoms with Gasteiger partial charge in [0.05, 0.1) is 9.79 Å². The molecule has 0 N–H and O–H groups in total. The number of fused-ring (bicyclic) bond motifs is 2. The van der Waals surface area contributed by atoms with Gasteiger partial charge in [-0.2, -0.15) is 0 Å². The third-order valence-electron chi connectivity index (χ3n) is 8.48. The van der Waals surface area contributed by atoms with Crippen molar-refractivity contribution >= 4 is 49.8 Å². The smallest absolute Gasteiger partial charge is 0.261 e. The predicted molar refractivity (Wildman–Crippen MR) is 169 cm³/mol. The zero-order valence-corrected chi connectivity index (χ0v) is 25.2. The summed E-state index contributed by atoms with van der Waals surface area (Å²) in [6.45, 7) is 3.62. The maximum atomic E-state index is 14.3. The van der Waals surface area contributed by atoms with E-state index in [1.165, 1.54) is 35.2 Å². The molecule has 2 heterocycles. The Labute approximate surface area is 259 Å². The molecule has 0 spiro atoms. The molecule has 0 saturated carbocycles. The molecule has 7 rings (SSSR count). The molecular weight excluding hydrogens is 588 g/mol. The lowest BCUT2D eigenvalue weighted by molar-refractivity contribution is 0.0611. The van der Waals surface area contributed by atoms with Crippen molar-refractivity contribution in [1.29, 1.82) is 0 Å². The topological polar surface area (TPSA) is 109 Å². The molecule has 0 fully saturated rings. The van der Waals surface area contributed by atoms with Crippen LogP contribution in [0.2, 0.25) is 0 Å². The lowest BCUT2D eigenvalue weighted by atomic mass is 9.94. The number of rotatable bonds is 5. The van der Waals surface area contributed by atoms with Crippen LogP contribution in [0.25, 0.3) is 10.8 Å². The maximum absolute atomic E-state index is 14.3. The molecule has 0 radical (unpaired) electrons. The first-order valence-corrected chi connectivity index (χ1v) is 15.9. The molecule has 9 heteroatoms. The van der Waals surface area contributed by atoms with Crippen LogP contribution in [0.4, 0.5) is 5.69 Å². The molecule has 222 valence electrons. The van der Waals surface area contributed by atoms with Crippen LogP contribution in [-0.2, 0) is 9.84 Å². The molecule has 5 aromatic carbocycles. The average molecular weight is 615 g/mol. The van der Waals surface area contributed by atoms with Crippen molar-refractivity contribution < 1.29 is 27.6 Å². The minimum Gasteiger partial charge on any atom is -0.306 e. The molecule has 0 aliphatic carbocycles. The van der Waals surface area contributed by atoms with Gasteiger partial charge in [0.1, 0.15) is 0 Å². The molecule has 5 aromatic rings. The van der Waals surface area contributed by atoms with Gasteiger partial charge in [-0.3, -0.25) is 24.1 Å². The Morgan fingerprint density at radius 1 is 0.711 bits per heavy atom. The highest BCUT2D eigenvalue weighted by Crippen LogP contribution is 2.36. The summed E-state index contributed by atoms with van der Waals surface area (Å²) in [5.41, 5.74) is 3.28. The fourth-order valence-corrected chi connectivity index (χ4v) is 7.97. The Morgan fingerprint density at radius 2 is 1.36 bits per heavy atom. The Kier molecular flexibility index (Phi) is 6.52. The van der Waals surface area contributed by atoms with Gasteiger partial charge in [-0.15, -0.1) is 0 Å². The fourth-order valence-electron chi connectivity index (χ4n) is 6.30. The molecule has 0 aromatic heterocycles. The second-order valence-electron chi connectivity index (χ2n) is 11.3. The molecule has 2 aliphatic rings. The Bertz CT molecular complexity index is 2210. The van der Waals surface area contributed by atoms with Crippen molar-refractivity contribution in [3.8, 4) is 0 Å². The number of aryl methyl sites for hydroxylation is 2. The number of nitrogens with zero attached hydrogens (tertiary/aromatic N) is 2. The van der Waals surface area contributed by atoms with Crippen molar-refractivity contribution in [1.82, 2.24) is 4.90 Å². The number of hydrogen-bond donors (Lipinski definition) is 0. The van der Waals surface area contributed by atoms with E-state index in [2.05, 4.69) is 0 Å². The van der Waals surface area contributed by atoms with Crippen molar-refractivity contribution in [2.24, 2.45) is 0 Å². The third-order valence-corrected chi connectivity index (χ3v) is 10.3. The Morgan fingerprint density at radius 3 is 2.04 bits per heavy atom. The van der Waals surface area contributed by atoms with E-state index in [0.717, 1.165) is 21.4 Å². The Balaban J connectivity index is 1.27. The van der Waals surface area contributed by atoms with Crippen LogP contribution in [0.1, 0.15) is 58.1 Å². The fraction of sp³-hybridized carbons (Fsp3) is 0.111. The van der Waals surface area contributed by atoms with Crippen LogP contribution < -0.4 is 4.90 Å². The van der Waals surface area contributed by atoms with E-state index in [1.807, 2.05) is 38.1 Å². The number of ketones is 1. The van der Waals surface area contributed by atoms with Gasteiger partial charge in [-0.1, -0.05) is 54.1 Å². The lowest BCUT2D eigenvalue weighted by Gasteiger charge is -2.31. The van der Waals surface area contributed by atoms with E-state index in [9.17, 15) is 27.6 Å². The van der Waals surface area contributed by atoms with Gasteiger partial charge in [-0.05, 0) is 73.3 Å². The molecule has 2 aliphatic heterocycles. The first-order chi connectivity index (χ1) is 21.6. The van der Waals surface area contributed by atoms with Gasteiger partial charge >= 0.3 is 0 Å². The average Bonchev–Trinajstić information content (AvgIpc) is 3.04. The largest absolute Gasteiger partial charge is 0.306 e. The van der Waals surface area contributed by atoms with Gasteiger partial charge in [0.25, 0.3) is 17.7 Å². The molecule has 8 nitrogen and oxygen atoms in total. The van der Waals surface area contributed by atoms with Crippen molar-refractivity contribution in [2.45, 2.75) is 23.6 Å². The highest BCUT2D eigenvalue weighted by Gasteiger charge is 2.37. The van der Waals surface area contributed by atoms with Gasteiger partial charge < -0.3 is 4.90 Å². The quantitative estimate of drug-likeness (QED) is 0.228.